The summed E-state index contributed by atoms with van der Waals surface area (Å²) in [5.41, 5.74) is 0.362. The average Bonchev–Trinajstić information content (AvgIpc) is 3.13. The summed E-state index contributed by atoms with van der Waals surface area (Å²) in [4.78, 5) is 52.9. The van der Waals surface area contributed by atoms with Crippen molar-refractivity contribution in [1.82, 2.24) is 10.2 Å². The Morgan fingerprint density at radius 3 is 2.37 bits per heavy atom. The number of allylic oxidation sites excluding steroid dienone is 2. The zero-order valence-electron chi connectivity index (χ0n) is 20.5. The summed E-state index contributed by atoms with van der Waals surface area (Å²) in [7, 11) is 0. The molecule has 1 atom stereocenters. The first-order chi connectivity index (χ1) is 18.3. The van der Waals surface area contributed by atoms with Crippen LogP contribution in [-0.2, 0) is 14.4 Å². The molecule has 0 bridgehead atoms. The van der Waals surface area contributed by atoms with Gasteiger partial charge in [-0.25, -0.2) is 0 Å². The van der Waals surface area contributed by atoms with Gasteiger partial charge in [-0.15, -0.1) is 0 Å². The van der Waals surface area contributed by atoms with Crippen molar-refractivity contribution in [3.8, 4) is 0 Å². The van der Waals surface area contributed by atoms with E-state index < -0.39 is 22.4 Å². The number of nitrogens with one attached hydrogen (secondary N) is 1. The highest BCUT2D eigenvalue weighted by Gasteiger charge is 2.54. The standard InChI is InChI=1S/C29H26IN3O5/c30-25-24(19-8-3-1-4-9-19)29(16-14-23(34)15-17-29)32(28(25)36)26(20-10-7-13-22(18-20)33(37)38)27(35)31-21-11-5-2-6-12-21/h1,3-4,7-10,13-18,21,26H,2,5-6,11-12H2,(H,31,35). The Balaban J connectivity index is 1.68. The molecule has 0 saturated heterocycles. The average molecular weight is 623 g/mol. The van der Waals surface area contributed by atoms with Crippen molar-refractivity contribution in [1.29, 1.82) is 0 Å². The molecule has 3 aliphatic rings. The molecule has 0 aromatic heterocycles. The van der Waals surface area contributed by atoms with E-state index in [2.05, 4.69) is 5.32 Å². The zero-order valence-corrected chi connectivity index (χ0v) is 22.7. The van der Waals surface area contributed by atoms with Gasteiger partial charge in [-0.05, 0) is 70.9 Å². The van der Waals surface area contributed by atoms with Crippen LogP contribution in [0.4, 0.5) is 5.69 Å². The number of nitro benzene ring substituents is 1. The third-order valence-electron chi connectivity index (χ3n) is 7.35. The van der Waals surface area contributed by atoms with Crippen molar-refractivity contribution in [2.24, 2.45) is 0 Å². The number of benzene rings is 2. The summed E-state index contributed by atoms with van der Waals surface area (Å²) < 4.78 is 0.415. The van der Waals surface area contributed by atoms with Gasteiger partial charge in [0.2, 0.25) is 5.91 Å². The normalized spacial score (nSPS) is 19.8. The van der Waals surface area contributed by atoms with Crippen LogP contribution in [0.3, 0.4) is 0 Å². The smallest absolute Gasteiger partial charge is 0.269 e. The lowest BCUT2D eigenvalue weighted by Crippen LogP contribution is -2.53. The Bertz CT molecular complexity index is 1380. The zero-order chi connectivity index (χ0) is 26.9. The fourth-order valence-electron chi connectivity index (χ4n) is 5.58. The van der Waals surface area contributed by atoms with Crippen LogP contribution in [0.5, 0.6) is 0 Å². The molecule has 5 rings (SSSR count). The van der Waals surface area contributed by atoms with Crippen LogP contribution >= 0.6 is 22.6 Å². The van der Waals surface area contributed by atoms with Gasteiger partial charge in [-0.3, -0.25) is 24.5 Å². The van der Waals surface area contributed by atoms with E-state index in [-0.39, 0.29) is 23.4 Å². The van der Waals surface area contributed by atoms with Gasteiger partial charge in [-0.1, -0.05) is 61.7 Å². The maximum Gasteiger partial charge on any atom is 0.269 e. The summed E-state index contributed by atoms with van der Waals surface area (Å²) in [5, 5.41) is 14.7. The van der Waals surface area contributed by atoms with E-state index in [0.717, 1.165) is 37.7 Å². The number of rotatable bonds is 6. The second kappa shape index (κ2) is 10.6. The number of ketones is 1. The van der Waals surface area contributed by atoms with Gasteiger partial charge in [0, 0.05) is 23.7 Å². The van der Waals surface area contributed by atoms with E-state index in [1.165, 1.54) is 35.3 Å². The molecule has 2 aliphatic carbocycles. The molecular weight excluding hydrogens is 597 g/mol. The van der Waals surface area contributed by atoms with E-state index in [0.29, 0.717) is 14.7 Å². The summed E-state index contributed by atoms with van der Waals surface area (Å²) >= 11 is 2.00. The second-order valence-electron chi connectivity index (χ2n) is 9.72. The van der Waals surface area contributed by atoms with Gasteiger partial charge in [0.05, 0.1) is 8.50 Å². The molecule has 1 fully saturated rings. The number of non-ortho nitro benzene ring substituents is 1. The van der Waals surface area contributed by atoms with Crippen molar-refractivity contribution in [3.05, 3.63) is 104 Å². The van der Waals surface area contributed by atoms with Crippen molar-refractivity contribution >= 4 is 51.4 Å². The predicted octanol–water partition coefficient (Wildman–Crippen LogP) is 5.21. The fourth-order valence-corrected chi connectivity index (χ4v) is 6.58. The Labute approximate surface area is 233 Å². The van der Waals surface area contributed by atoms with Gasteiger partial charge >= 0.3 is 0 Å². The SMILES string of the molecule is O=C1C=CC2(C=C1)C(c1ccccc1)=C(I)C(=O)N2C(C(=O)NC1CCCCC1)c1cccc([N+](=O)[O-])c1. The number of carbonyl (C=O) groups excluding carboxylic acids is 3. The number of amides is 2. The first-order valence-corrected chi connectivity index (χ1v) is 13.7. The molecule has 9 heteroatoms. The number of halogens is 1. The number of carbonyl (C=O) groups is 3. The van der Waals surface area contributed by atoms with Crippen molar-refractivity contribution in [2.75, 3.05) is 0 Å². The number of hydrogen-bond donors (Lipinski definition) is 1. The summed E-state index contributed by atoms with van der Waals surface area (Å²) in [5.74, 6) is -1.01. The number of hydrogen-bond acceptors (Lipinski definition) is 5. The van der Waals surface area contributed by atoms with Crippen LogP contribution in [0, 0.1) is 10.1 Å². The summed E-state index contributed by atoms with van der Waals surface area (Å²) in [6.07, 6.45) is 10.9. The van der Waals surface area contributed by atoms with Crippen molar-refractivity contribution in [2.45, 2.75) is 49.7 Å². The lowest BCUT2D eigenvalue weighted by atomic mass is 9.81. The van der Waals surface area contributed by atoms with Crippen LogP contribution in [0.15, 0.2) is 82.5 Å². The molecule has 2 amide bonds. The van der Waals surface area contributed by atoms with Gasteiger partial charge in [-0.2, -0.15) is 0 Å². The molecular formula is C29H26IN3O5. The molecule has 2 aromatic rings. The van der Waals surface area contributed by atoms with E-state index in [1.54, 1.807) is 18.2 Å². The second-order valence-corrected chi connectivity index (χ2v) is 10.8. The topological polar surface area (TPSA) is 110 Å². The molecule has 1 saturated carbocycles. The van der Waals surface area contributed by atoms with E-state index in [4.69, 9.17) is 0 Å². The quantitative estimate of drug-likeness (QED) is 0.270. The van der Waals surface area contributed by atoms with Gasteiger partial charge in [0.25, 0.3) is 11.6 Å². The Morgan fingerprint density at radius 2 is 1.71 bits per heavy atom. The highest BCUT2D eigenvalue weighted by Crippen LogP contribution is 2.51. The molecule has 8 nitrogen and oxygen atoms in total. The Kier molecular flexibility index (Phi) is 7.29. The van der Waals surface area contributed by atoms with Crippen LogP contribution in [0.1, 0.15) is 49.3 Å². The monoisotopic (exact) mass is 623 g/mol. The minimum absolute atomic E-state index is 0.0363. The van der Waals surface area contributed by atoms with Crippen molar-refractivity contribution in [3.63, 3.8) is 0 Å². The van der Waals surface area contributed by atoms with Crippen molar-refractivity contribution < 1.29 is 19.3 Å². The lowest BCUT2D eigenvalue weighted by Gasteiger charge is -2.42. The molecule has 1 aliphatic heterocycles. The summed E-state index contributed by atoms with van der Waals surface area (Å²) in [6, 6.07) is 14.0. The van der Waals surface area contributed by atoms with E-state index >= 15 is 0 Å². The molecule has 2 aromatic carbocycles. The van der Waals surface area contributed by atoms with Crippen LogP contribution < -0.4 is 5.32 Å². The van der Waals surface area contributed by atoms with E-state index in [1.807, 2.05) is 52.9 Å². The van der Waals surface area contributed by atoms with Crippen LogP contribution in [-0.4, -0.2) is 39.0 Å². The largest absolute Gasteiger partial charge is 0.351 e. The van der Waals surface area contributed by atoms with Gasteiger partial charge in [0.15, 0.2) is 5.78 Å². The van der Waals surface area contributed by atoms with Gasteiger partial charge < -0.3 is 10.2 Å². The summed E-state index contributed by atoms with van der Waals surface area (Å²) in [6.45, 7) is 0. The van der Waals surface area contributed by atoms with Crippen LogP contribution in [0.2, 0.25) is 0 Å². The molecule has 0 radical (unpaired) electrons. The number of nitrogens with zero attached hydrogens (tertiary/aromatic N) is 2. The predicted molar refractivity (Wildman–Crippen MR) is 151 cm³/mol. The maximum absolute atomic E-state index is 14.1. The van der Waals surface area contributed by atoms with Gasteiger partial charge in [0.1, 0.15) is 11.6 Å². The Hall–Kier alpha value is -3.60. The minimum Gasteiger partial charge on any atom is -0.351 e. The molecule has 1 heterocycles. The maximum atomic E-state index is 14.1. The molecule has 1 N–H and O–H groups in total. The third kappa shape index (κ3) is 4.70. The van der Waals surface area contributed by atoms with E-state index in [9.17, 15) is 24.5 Å². The fraction of sp³-hybridized carbons (Fsp3) is 0.276. The third-order valence-corrected chi connectivity index (χ3v) is 8.35. The minimum atomic E-state index is -1.23. The highest BCUT2D eigenvalue weighted by atomic mass is 127. The molecule has 38 heavy (non-hydrogen) atoms. The first-order valence-electron chi connectivity index (χ1n) is 12.6. The first kappa shape index (κ1) is 26.0. The molecule has 1 spiro atoms. The lowest BCUT2D eigenvalue weighted by molar-refractivity contribution is -0.384. The molecule has 1 unspecified atom stereocenters. The number of nitro groups is 1. The Morgan fingerprint density at radius 1 is 1.03 bits per heavy atom. The van der Waals surface area contributed by atoms with Crippen LogP contribution in [0.25, 0.3) is 5.57 Å². The highest BCUT2D eigenvalue weighted by molar-refractivity contribution is 14.1. The molecule has 194 valence electrons.